The third-order valence-corrected chi connectivity index (χ3v) is 3.93. The molecule has 2 aromatic rings. The van der Waals surface area contributed by atoms with Gasteiger partial charge in [0.25, 0.3) is 5.91 Å². The van der Waals surface area contributed by atoms with E-state index in [1.54, 1.807) is 6.07 Å². The predicted molar refractivity (Wildman–Crippen MR) is 105 cm³/mol. The van der Waals surface area contributed by atoms with Crippen molar-refractivity contribution >= 4 is 46.8 Å². The van der Waals surface area contributed by atoms with E-state index >= 15 is 0 Å². The fourth-order valence-corrected chi connectivity index (χ4v) is 2.45. The van der Waals surface area contributed by atoms with Crippen LogP contribution >= 0.6 is 23.2 Å². The van der Waals surface area contributed by atoms with Crippen LogP contribution in [0.2, 0.25) is 10.0 Å². The van der Waals surface area contributed by atoms with Crippen LogP contribution in [0.25, 0.3) is 6.08 Å². The largest absolute Gasteiger partial charge is 0.493 e. The van der Waals surface area contributed by atoms with E-state index in [1.807, 2.05) is 0 Å². The van der Waals surface area contributed by atoms with E-state index < -0.39 is 25.1 Å². The monoisotopic (exact) mass is 445 g/mol. The zero-order valence-corrected chi connectivity index (χ0v) is 16.5. The molecule has 0 heterocycles. The number of halogens is 4. The molecule has 2 aromatic carbocycles. The number of alkyl halides is 2. The first-order chi connectivity index (χ1) is 13.8. The van der Waals surface area contributed by atoms with Crippen molar-refractivity contribution in [2.24, 2.45) is 0 Å². The number of amides is 1. The number of hydrogen-bond donors (Lipinski definition) is 1. The second kappa shape index (κ2) is 10.6. The average Bonchev–Trinajstić information content (AvgIpc) is 2.68. The summed E-state index contributed by atoms with van der Waals surface area (Å²) in [5, 5.41) is 3.13. The Morgan fingerprint density at radius 2 is 1.90 bits per heavy atom. The Balaban J connectivity index is 1.90. The van der Waals surface area contributed by atoms with Crippen LogP contribution in [0.3, 0.4) is 0 Å². The van der Waals surface area contributed by atoms with Gasteiger partial charge in [-0.15, -0.1) is 0 Å². The van der Waals surface area contributed by atoms with E-state index in [-0.39, 0.29) is 22.2 Å². The van der Waals surface area contributed by atoms with E-state index in [4.69, 9.17) is 32.7 Å². The summed E-state index contributed by atoms with van der Waals surface area (Å²) in [5.74, 6) is -1.47. The first kappa shape index (κ1) is 22.4. The first-order valence-electron chi connectivity index (χ1n) is 8.01. The van der Waals surface area contributed by atoms with Crippen LogP contribution in [-0.4, -0.2) is 32.2 Å². The standard InChI is InChI=1S/C19H15Cl2F2NO5/c1-27-16-8-11(2-6-15(16)29-19(22)23)3-7-18(26)28-10-17(25)24-14-9-12(20)4-5-13(14)21/h2-9,19H,10H2,1H3,(H,24,25). The Morgan fingerprint density at radius 3 is 2.59 bits per heavy atom. The average molecular weight is 446 g/mol. The summed E-state index contributed by atoms with van der Waals surface area (Å²) in [6, 6.07) is 8.65. The molecule has 0 bridgehead atoms. The highest BCUT2D eigenvalue weighted by atomic mass is 35.5. The lowest BCUT2D eigenvalue weighted by Crippen LogP contribution is -2.20. The van der Waals surface area contributed by atoms with Crippen molar-refractivity contribution in [2.75, 3.05) is 19.0 Å². The van der Waals surface area contributed by atoms with Gasteiger partial charge in [0.1, 0.15) is 0 Å². The van der Waals surface area contributed by atoms with E-state index in [1.165, 1.54) is 43.5 Å². The summed E-state index contributed by atoms with van der Waals surface area (Å²) in [7, 11) is 1.29. The lowest BCUT2D eigenvalue weighted by atomic mass is 10.2. The van der Waals surface area contributed by atoms with Crippen molar-refractivity contribution in [1.82, 2.24) is 0 Å². The van der Waals surface area contributed by atoms with Crippen LogP contribution in [0.15, 0.2) is 42.5 Å². The van der Waals surface area contributed by atoms with Crippen molar-refractivity contribution in [3.05, 3.63) is 58.1 Å². The quantitative estimate of drug-likeness (QED) is 0.466. The zero-order chi connectivity index (χ0) is 21.4. The molecule has 0 saturated heterocycles. The van der Waals surface area contributed by atoms with Gasteiger partial charge in [-0.1, -0.05) is 29.3 Å². The van der Waals surface area contributed by atoms with Gasteiger partial charge in [0.2, 0.25) is 0 Å². The van der Waals surface area contributed by atoms with Gasteiger partial charge in [0.15, 0.2) is 18.1 Å². The number of carbonyl (C=O) groups excluding carboxylic acids is 2. The van der Waals surface area contributed by atoms with Crippen molar-refractivity contribution in [2.45, 2.75) is 6.61 Å². The van der Waals surface area contributed by atoms with Gasteiger partial charge in [0.05, 0.1) is 17.8 Å². The van der Waals surface area contributed by atoms with Gasteiger partial charge < -0.3 is 19.5 Å². The van der Waals surface area contributed by atoms with E-state index in [0.717, 1.165) is 6.08 Å². The second-order valence-electron chi connectivity index (χ2n) is 5.40. The van der Waals surface area contributed by atoms with Crippen LogP contribution < -0.4 is 14.8 Å². The molecule has 0 aliphatic carbocycles. The smallest absolute Gasteiger partial charge is 0.387 e. The van der Waals surface area contributed by atoms with Gasteiger partial charge >= 0.3 is 12.6 Å². The summed E-state index contributed by atoms with van der Waals surface area (Å²) >= 11 is 11.8. The van der Waals surface area contributed by atoms with Crippen LogP contribution in [0.5, 0.6) is 11.5 Å². The molecule has 29 heavy (non-hydrogen) atoms. The molecule has 0 aliphatic heterocycles. The molecule has 1 amide bonds. The normalized spacial score (nSPS) is 10.8. The van der Waals surface area contributed by atoms with Crippen LogP contribution in [0.4, 0.5) is 14.5 Å². The Kier molecular flexibility index (Phi) is 8.23. The topological polar surface area (TPSA) is 73.9 Å². The van der Waals surface area contributed by atoms with E-state index in [2.05, 4.69) is 10.1 Å². The molecule has 10 heteroatoms. The maximum absolute atomic E-state index is 12.3. The third-order valence-electron chi connectivity index (χ3n) is 3.36. The molecule has 2 rings (SSSR count). The van der Waals surface area contributed by atoms with Crippen LogP contribution in [0, 0.1) is 0 Å². The van der Waals surface area contributed by atoms with Crippen LogP contribution in [0.1, 0.15) is 5.56 Å². The SMILES string of the molecule is COc1cc(C=CC(=O)OCC(=O)Nc2cc(Cl)ccc2Cl)ccc1OC(F)F. The van der Waals surface area contributed by atoms with Gasteiger partial charge in [-0.3, -0.25) is 4.79 Å². The molecule has 0 atom stereocenters. The number of rotatable bonds is 8. The first-order valence-corrected chi connectivity index (χ1v) is 8.76. The fourth-order valence-electron chi connectivity index (χ4n) is 2.11. The molecule has 154 valence electrons. The summed E-state index contributed by atoms with van der Waals surface area (Å²) < 4.78 is 38.8. The molecule has 0 aromatic heterocycles. The van der Waals surface area contributed by atoms with Crippen molar-refractivity contribution < 1.29 is 32.6 Å². The zero-order valence-electron chi connectivity index (χ0n) is 15.0. The number of benzene rings is 2. The maximum Gasteiger partial charge on any atom is 0.387 e. The van der Waals surface area contributed by atoms with Crippen molar-refractivity contribution in [3.63, 3.8) is 0 Å². The number of ether oxygens (including phenoxy) is 3. The minimum absolute atomic E-state index is 0.0681. The van der Waals surface area contributed by atoms with Crippen molar-refractivity contribution in [1.29, 1.82) is 0 Å². The number of carbonyl (C=O) groups is 2. The number of anilines is 1. The molecule has 6 nitrogen and oxygen atoms in total. The van der Waals surface area contributed by atoms with Crippen molar-refractivity contribution in [3.8, 4) is 11.5 Å². The van der Waals surface area contributed by atoms with E-state index in [0.29, 0.717) is 10.6 Å². The minimum atomic E-state index is -2.99. The Labute approximate surface area is 175 Å². The molecule has 0 spiro atoms. The Morgan fingerprint density at radius 1 is 1.14 bits per heavy atom. The number of nitrogens with one attached hydrogen (secondary N) is 1. The fraction of sp³-hybridized carbons (Fsp3) is 0.158. The lowest BCUT2D eigenvalue weighted by molar-refractivity contribution is -0.142. The summed E-state index contributed by atoms with van der Waals surface area (Å²) in [6.07, 6.45) is 2.44. The molecule has 0 radical (unpaired) electrons. The number of esters is 1. The van der Waals surface area contributed by atoms with Crippen LogP contribution in [-0.2, 0) is 14.3 Å². The molecule has 1 N–H and O–H groups in total. The molecule has 0 aliphatic rings. The Bertz CT molecular complexity index is 921. The highest BCUT2D eigenvalue weighted by Crippen LogP contribution is 2.30. The lowest BCUT2D eigenvalue weighted by Gasteiger charge is -2.10. The summed E-state index contributed by atoms with van der Waals surface area (Å²) in [4.78, 5) is 23.6. The van der Waals surface area contributed by atoms with Gasteiger partial charge in [-0.2, -0.15) is 8.78 Å². The predicted octanol–water partition coefficient (Wildman–Crippen LogP) is 4.80. The molecule has 0 unspecified atom stereocenters. The minimum Gasteiger partial charge on any atom is -0.493 e. The maximum atomic E-state index is 12.3. The van der Waals surface area contributed by atoms with Gasteiger partial charge in [-0.05, 0) is 42.0 Å². The summed E-state index contributed by atoms with van der Waals surface area (Å²) in [5.41, 5.74) is 0.754. The Hall–Kier alpha value is -2.84. The molecule has 0 fully saturated rings. The number of hydrogen-bond acceptors (Lipinski definition) is 5. The number of methoxy groups -OCH3 is 1. The highest BCUT2D eigenvalue weighted by Gasteiger charge is 2.11. The molecular formula is C19H15Cl2F2NO5. The molecular weight excluding hydrogens is 431 g/mol. The third kappa shape index (κ3) is 7.24. The van der Waals surface area contributed by atoms with E-state index in [9.17, 15) is 18.4 Å². The summed E-state index contributed by atoms with van der Waals surface area (Å²) in [6.45, 7) is -3.54. The molecule has 0 saturated carbocycles. The van der Waals surface area contributed by atoms with Gasteiger partial charge in [-0.25, -0.2) is 4.79 Å². The van der Waals surface area contributed by atoms with Gasteiger partial charge in [0, 0.05) is 11.1 Å². The highest BCUT2D eigenvalue weighted by molar-refractivity contribution is 6.35. The second-order valence-corrected chi connectivity index (χ2v) is 6.25.